The standard InChI is InChI=1S/C14H18IN3O/c1-8-6-5-7-9(10(8)15)13-17-12(18-19-13)11(16)14(2,3)4/h5-7,11H,16H2,1-4H3. The van der Waals surface area contributed by atoms with Crippen molar-refractivity contribution in [2.24, 2.45) is 11.1 Å². The number of benzene rings is 1. The molecule has 1 aromatic heterocycles. The van der Waals surface area contributed by atoms with Crippen LogP contribution in [0.2, 0.25) is 0 Å². The molecule has 0 saturated carbocycles. The molecule has 2 N–H and O–H groups in total. The second-order valence-electron chi connectivity index (χ2n) is 5.74. The van der Waals surface area contributed by atoms with Crippen LogP contribution in [0.5, 0.6) is 0 Å². The Morgan fingerprint density at radius 3 is 2.63 bits per heavy atom. The Hall–Kier alpha value is -0.950. The van der Waals surface area contributed by atoms with E-state index in [2.05, 4.69) is 66.5 Å². The van der Waals surface area contributed by atoms with Crippen molar-refractivity contribution in [2.75, 3.05) is 0 Å². The minimum Gasteiger partial charge on any atom is -0.334 e. The minimum atomic E-state index is -0.243. The van der Waals surface area contributed by atoms with Crippen LogP contribution in [0, 0.1) is 15.9 Å². The summed E-state index contributed by atoms with van der Waals surface area (Å²) >= 11 is 2.29. The van der Waals surface area contributed by atoms with Gasteiger partial charge in [0, 0.05) is 3.57 Å². The molecule has 0 aliphatic rings. The smallest absolute Gasteiger partial charge is 0.259 e. The molecular weight excluding hydrogens is 353 g/mol. The molecule has 102 valence electrons. The molecule has 0 aliphatic heterocycles. The highest BCUT2D eigenvalue weighted by molar-refractivity contribution is 14.1. The van der Waals surface area contributed by atoms with Gasteiger partial charge in [-0.2, -0.15) is 4.98 Å². The second-order valence-corrected chi connectivity index (χ2v) is 6.82. The summed E-state index contributed by atoms with van der Waals surface area (Å²) in [7, 11) is 0. The predicted octanol–water partition coefficient (Wildman–Crippen LogP) is 3.70. The number of rotatable bonds is 2. The Bertz CT molecular complexity index is 587. The van der Waals surface area contributed by atoms with Gasteiger partial charge < -0.3 is 10.3 Å². The van der Waals surface area contributed by atoms with E-state index < -0.39 is 0 Å². The van der Waals surface area contributed by atoms with Crippen molar-refractivity contribution >= 4 is 22.6 Å². The zero-order valence-corrected chi connectivity index (χ0v) is 13.7. The third kappa shape index (κ3) is 2.97. The molecule has 0 spiro atoms. The van der Waals surface area contributed by atoms with E-state index in [0.717, 1.165) is 9.13 Å². The molecule has 0 bridgehead atoms. The summed E-state index contributed by atoms with van der Waals surface area (Å²) < 4.78 is 6.48. The third-order valence-electron chi connectivity index (χ3n) is 3.08. The van der Waals surface area contributed by atoms with Gasteiger partial charge in [-0.15, -0.1) is 0 Å². The molecule has 1 aromatic carbocycles. The lowest BCUT2D eigenvalue weighted by Gasteiger charge is -2.23. The van der Waals surface area contributed by atoms with Crippen molar-refractivity contribution in [3.05, 3.63) is 33.2 Å². The number of nitrogens with two attached hydrogens (primary N) is 1. The van der Waals surface area contributed by atoms with Gasteiger partial charge in [0.25, 0.3) is 5.89 Å². The maximum Gasteiger partial charge on any atom is 0.259 e. The molecule has 0 saturated heterocycles. The summed E-state index contributed by atoms with van der Waals surface area (Å²) in [5.41, 5.74) is 8.20. The molecule has 1 unspecified atom stereocenters. The maximum absolute atomic E-state index is 6.14. The van der Waals surface area contributed by atoms with Crippen LogP contribution in [-0.2, 0) is 0 Å². The fraction of sp³-hybridized carbons (Fsp3) is 0.429. The summed E-state index contributed by atoms with van der Waals surface area (Å²) in [5.74, 6) is 1.09. The Kier molecular flexibility index (Phi) is 3.96. The van der Waals surface area contributed by atoms with Crippen molar-refractivity contribution < 1.29 is 4.52 Å². The van der Waals surface area contributed by atoms with Gasteiger partial charge in [0.2, 0.25) is 0 Å². The topological polar surface area (TPSA) is 64.9 Å². The van der Waals surface area contributed by atoms with E-state index >= 15 is 0 Å². The van der Waals surface area contributed by atoms with Gasteiger partial charge in [-0.05, 0) is 46.6 Å². The Balaban J connectivity index is 2.39. The van der Waals surface area contributed by atoms with E-state index in [9.17, 15) is 0 Å². The van der Waals surface area contributed by atoms with Gasteiger partial charge in [0.05, 0.1) is 11.6 Å². The largest absolute Gasteiger partial charge is 0.334 e. The normalized spacial score (nSPS) is 13.6. The zero-order chi connectivity index (χ0) is 14.2. The van der Waals surface area contributed by atoms with Gasteiger partial charge in [0.15, 0.2) is 5.82 Å². The molecule has 2 aromatic rings. The zero-order valence-electron chi connectivity index (χ0n) is 11.6. The molecule has 0 amide bonds. The maximum atomic E-state index is 6.14. The first-order valence-electron chi connectivity index (χ1n) is 6.15. The van der Waals surface area contributed by atoms with Crippen molar-refractivity contribution in [3.63, 3.8) is 0 Å². The summed E-state index contributed by atoms with van der Waals surface area (Å²) in [5, 5.41) is 4.02. The van der Waals surface area contributed by atoms with Gasteiger partial charge in [-0.1, -0.05) is 38.1 Å². The minimum absolute atomic E-state index is 0.0963. The van der Waals surface area contributed by atoms with Crippen molar-refractivity contribution in [1.29, 1.82) is 0 Å². The van der Waals surface area contributed by atoms with E-state index in [-0.39, 0.29) is 11.5 Å². The molecule has 2 rings (SSSR count). The number of aryl methyl sites for hydroxylation is 1. The van der Waals surface area contributed by atoms with Gasteiger partial charge >= 0.3 is 0 Å². The highest BCUT2D eigenvalue weighted by Crippen LogP contribution is 2.31. The van der Waals surface area contributed by atoms with E-state index in [0.29, 0.717) is 11.7 Å². The fourth-order valence-corrected chi connectivity index (χ4v) is 2.26. The highest BCUT2D eigenvalue weighted by atomic mass is 127. The van der Waals surface area contributed by atoms with Crippen LogP contribution in [0.4, 0.5) is 0 Å². The monoisotopic (exact) mass is 371 g/mol. The Morgan fingerprint density at radius 2 is 2.00 bits per heavy atom. The first kappa shape index (κ1) is 14.5. The van der Waals surface area contributed by atoms with E-state index in [4.69, 9.17) is 10.3 Å². The SMILES string of the molecule is Cc1cccc(-c2nc(C(N)C(C)(C)C)no2)c1I. The first-order valence-corrected chi connectivity index (χ1v) is 7.23. The third-order valence-corrected chi connectivity index (χ3v) is 4.51. The van der Waals surface area contributed by atoms with E-state index in [1.54, 1.807) is 0 Å². The predicted molar refractivity (Wildman–Crippen MR) is 83.6 cm³/mol. The van der Waals surface area contributed by atoms with Crippen LogP contribution in [0.25, 0.3) is 11.5 Å². The lowest BCUT2D eigenvalue weighted by molar-refractivity contribution is 0.303. The van der Waals surface area contributed by atoms with E-state index in [1.807, 2.05) is 12.1 Å². The van der Waals surface area contributed by atoms with Crippen LogP contribution >= 0.6 is 22.6 Å². The fourth-order valence-electron chi connectivity index (χ4n) is 1.67. The van der Waals surface area contributed by atoms with Gasteiger partial charge in [-0.25, -0.2) is 0 Å². The first-order chi connectivity index (χ1) is 8.80. The Morgan fingerprint density at radius 1 is 1.32 bits per heavy atom. The molecule has 1 heterocycles. The van der Waals surface area contributed by atoms with Crippen LogP contribution in [0.1, 0.15) is 38.2 Å². The number of aromatic nitrogens is 2. The molecule has 5 heteroatoms. The van der Waals surface area contributed by atoms with Crippen molar-refractivity contribution in [1.82, 2.24) is 10.1 Å². The number of hydrogen-bond donors (Lipinski definition) is 1. The molecule has 4 nitrogen and oxygen atoms in total. The summed E-state index contributed by atoms with van der Waals surface area (Å²) in [6.45, 7) is 8.24. The quantitative estimate of drug-likeness (QED) is 0.818. The lowest BCUT2D eigenvalue weighted by Crippen LogP contribution is -2.27. The van der Waals surface area contributed by atoms with Crippen LogP contribution in [-0.4, -0.2) is 10.1 Å². The summed E-state index contributed by atoms with van der Waals surface area (Å²) in [6.07, 6.45) is 0. The van der Waals surface area contributed by atoms with Gasteiger partial charge in [-0.3, -0.25) is 0 Å². The number of halogens is 1. The Labute approximate surface area is 126 Å². The number of nitrogens with zero attached hydrogens (tertiary/aromatic N) is 2. The second kappa shape index (κ2) is 5.20. The molecule has 0 radical (unpaired) electrons. The van der Waals surface area contributed by atoms with E-state index in [1.165, 1.54) is 5.56 Å². The number of hydrogen-bond acceptors (Lipinski definition) is 4. The average Bonchev–Trinajstić information content (AvgIpc) is 2.79. The lowest BCUT2D eigenvalue weighted by atomic mass is 9.87. The molecule has 19 heavy (non-hydrogen) atoms. The van der Waals surface area contributed by atoms with Crippen LogP contribution in [0.3, 0.4) is 0 Å². The van der Waals surface area contributed by atoms with Crippen molar-refractivity contribution in [3.8, 4) is 11.5 Å². The summed E-state index contributed by atoms with van der Waals surface area (Å²) in [6, 6.07) is 5.78. The molecule has 1 atom stereocenters. The van der Waals surface area contributed by atoms with Crippen LogP contribution in [0.15, 0.2) is 22.7 Å². The highest BCUT2D eigenvalue weighted by Gasteiger charge is 2.27. The average molecular weight is 371 g/mol. The molecule has 0 aliphatic carbocycles. The molecular formula is C14H18IN3O. The van der Waals surface area contributed by atoms with Gasteiger partial charge in [0.1, 0.15) is 0 Å². The molecule has 0 fully saturated rings. The van der Waals surface area contributed by atoms with Crippen LogP contribution < -0.4 is 5.73 Å². The van der Waals surface area contributed by atoms with Crippen molar-refractivity contribution in [2.45, 2.75) is 33.7 Å². The summed E-state index contributed by atoms with van der Waals surface area (Å²) in [4.78, 5) is 4.44.